The summed E-state index contributed by atoms with van der Waals surface area (Å²) in [6, 6.07) is -0.0262. The third-order valence-corrected chi connectivity index (χ3v) is 4.09. The lowest BCUT2D eigenvalue weighted by atomic mass is 10.1. The van der Waals surface area contributed by atoms with Crippen LogP contribution < -0.4 is 11.3 Å². The maximum atomic E-state index is 5.74. The number of hydrazine groups is 1. The molecule has 2 aromatic rings. The third kappa shape index (κ3) is 4.05. The lowest BCUT2D eigenvalue weighted by Crippen LogP contribution is -2.30. The van der Waals surface area contributed by atoms with Crippen molar-refractivity contribution in [1.82, 2.24) is 29.8 Å². The van der Waals surface area contributed by atoms with E-state index in [0.717, 1.165) is 35.8 Å². The van der Waals surface area contributed by atoms with Crippen molar-refractivity contribution in [2.75, 3.05) is 0 Å². The fourth-order valence-electron chi connectivity index (χ4n) is 2.24. The zero-order valence-electron chi connectivity index (χ0n) is 12.8. The molecule has 1 atom stereocenters. The van der Waals surface area contributed by atoms with Crippen LogP contribution in [0.3, 0.4) is 0 Å². The number of aryl methyl sites for hydroxylation is 1. The van der Waals surface area contributed by atoms with Gasteiger partial charge in [-0.25, -0.2) is 9.67 Å². The second-order valence-electron chi connectivity index (χ2n) is 5.51. The normalized spacial score (nSPS) is 13.0. The number of rotatable bonds is 8. The van der Waals surface area contributed by atoms with E-state index in [-0.39, 0.29) is 6.04 Å². The molecular formula is C13H23N7S. The van der Waals surface area contributed by atoms with Crippen molar-refractivity contribution in [3.8, 4) is 0 Å². The van der Waals surface area contributed by atoms with Crippen LogP contribution in [-0.2, 0) is 19.4 Å². The molecule has 0 aliphatic carbocycles. The van der Waals surface area contributed by atoms with E-state index in [0.29, 0.717) is 12.3 Å². The lowest BCUT2D eigenvalue weighted by Gasteiger charge is -2.15. The maximum Gasteiger partial charge on any atom is 0.138 e. The number of nitrogens with zero attached hydrogens (tertiary/aromatic N) is 5. The topological polar surface area (TPSA) is 94.5 Å². The quantitative estimate of drug-likeness (QED) is 0.566. The Morgan fingerprint density at radius 1 is 1.43 bits per heavy atom. The van der Waals surface area contributed by atoms with E-state index in [1.165, 1.54) is 11.5 Å². The van der Waals surface area contributed by atoms with E-state index < -0.39 is 0 Å². The zero-order chi connectivity index (χ0) is 15.2. The van der Waals surface area contributed by atoms with Gasteiger partial charge < -0.3 is 0 Å². The van der Waals surface area contributed by atoms with Crippen LogP contribution in [0, 0.1) is 5.92 Å². The number of hydrogen-bond donors (Lipinski definition) is 2. The van der Waals surface area contributed by atoms with Gasteiger partial charge in [-0.05, 0) is 23.9 Å². The summed E-state index contributed by atoms with van der Waals surface area (Å²) < 4.78 is 6.01. The van der Waals surface area contributed by atoms with Gasteiger partial charge in [-0.15, -0.1) is 5.10 Å². The summed E-state index contributed by atoms with van der Waals surface area (Å²) in [6.07, 6.45) is 4.24. The van der Waals surface area contributed by atoms with Crippen molar-refractivity contribution in [1.29, 1.82) is 0 Å². The Bertz CT molecular complexity index is 548. The molecule has 116 valence electrons. The van der Waals surface area contributed by atoms with Crippen molar-refractivity contribution in [2.24, 2.45) is 11.8 Å². The molecule has 1 unspecified atom stereocenters. The molecule has 0 saturated carbocycles. The van der Waals surface area contributed by atoms with Crippen molar-refractivity contribution in [2.45, 2.75) is 52.6 Å². The first kappa shape index (κ1) is 16.0. The number of nitrogens with one attached hydrogen (secondary N) is 1. The monoisotopic (exact) mass is 309 g/mol. The van der Waals surface area contributed by atoms with E-state index in [4.69, 9.17) is 5.84 Å². The molecule has 0 amide bonds. The number of aromatic nitrogens is 5. The average molecular weight is 309 g/mol. The lowest BCUT2D eigenvalue weighted by molar-refractivity contribution is 0.447. The van der Waals surface area contributed by atoms with E-state index >= 15 is 0 Å². The summed E-state index contributed by atoms with van der Waals surface area (Å²) in [5.74, 6) is 7.20. The first-order valence-corrected chi connectivity index (χ1v) is 8.06. The standard InChI is InChI=1S/C13H23N7S/c1-4-5-10-13(21-19-18-10)11(17-14)6-12-15-8-16-20(12)7-9(2)3/h8-9,11,17H,4-7,14H2,1-3H3. The molecule has 7 nitrogen and oxygen atoms in total. The largest absolute Gasteiger partial charge is 0.271 e. The van der Waals surface area contributed by atoms with Crippen LogP contribution in [0.4, 0.5) is 0 Å². The van der Waals surface area contributed by atoms with E-state index in [2.05, 4.69) is 45.9 Å². The molecule has 2 rings (SSSR count). The molecule has 0 aliphatic rings. The van der Waals surface area contributed by atoms with Crippen LogP contribution >= 0.6 is 11.5 Å². The van der Waals surface area contributed by atoms with E-state index in [1.54, 1.807) is 6.33 Å². The van der Waals surface area contributed by atoms with E-state index in [9.17, 15) is 0 Å². The van der Waals surface area contributed by atoms with Gasteiger partial charge in [0.15, 0.2) is 0 Å². The summed E-state index contributed by atoms with van der Waals surface area (Å²) >= 11 is 1.40. The summed E-state index contributed by atoms with van der Waals surface area (Å²) in [4.78, 5) is 5.46. The Labute approximate surface area is 129 Å². The Kier molecular flexibility index (Phi) is 5.77. The Hall–Kier alpha value is -1.38. The van der Waals surface area contributed by atoms with Gasteiger partial charge in [0.05, 0.1) is 16.6 Å². The SMILES string of the molecule is CCCc1nnsc1C(Cc1ncnn1CC(C)C)NN. The Balaban J connectivity index is 2.15. The highest BCUT2D eigenvalue weighted by Gasteiger charge is 2.21. The molecule has 0 saturated heterocycles. The van der Waals surface area contributed by atoms with Crippen LogP contribution in [0.5, 0.6) is 0 Å². The third-order valence-electron chi connectivity index (χ3n) is 3.21. The van der Waals surface area contributed by atoms with Crippen molar-refractivity contribution < 1.29 is 0 Å². The van der Waals surface area contributed by atoms with Gasteiger partial charge in [-0.1, -0.05) is 31.7 Å². The van der Waals surface area contributed by atoms with Crippen LogP contribution in [0.1, 0.15) is 49.6 Å². The highest BCUT2D eigenvalue weighted by atomic mass is 32.1. The van der Waals surface area contributed by atoms with Gasteiger partial charge in [-0.2, -0.15) is 5.10 Å². The van der Waals surface area contributed by atoms with Crippen molar-refractivity contribution >= 4 is 11.5 Å². The predicted molar refractivity (Wildman–Crippen MR) is 82.5 cm³/mol. The molecule has 3 N–H and O–H groups in total. The second-order valence-corrected chi connectivity index (χ2v) is 6.30. The predicted octanol–water partition coefficient (Wildman–Crippen LogP) is 1.49. The molecule has 0 bridgehead atoms. The molecule has 21 heavy (non-hydrogen) atoms. The maximum absolute atomic E-state index is 5.74. The highest BCUT2D eigenvalue weighted by Crippen LogP contribution is 2.24. The molecule has 0 radical (unpaired) electrons. The molecule has 2 heterocycles. The molecule has 2 aromatic heterocycles. The van der Waals surface area contributed by atoms with Crippen molar-refractivity contribution in [3.63, 3.8) is 0 Å². The van der Waals surface area contributed by atoms with Crippen LogP contribution in [0.25, 0.3) is 0 Å². The van der Waals surface area contributed by atoms with E-state index in [1.807, 2.05) is 4.68 Å². The van der Waals surface area contributed by atoms with Crippen LogP contribution in [0.2, 0.25) is 0 Å². The Morgan fingerprint density at radius 3 is 2.90 bits per heavy atom. The van der Waals surface area contributed by atoms with Gasteiger partial charge in [0, 0.05) is 13.0 Å². The number of hydrogen-bond acceptors (Lipinski definition) is 7. The highest BCUT2D eigenvalue weighted by molar-refractivity contribution is 7.05. The summed E-state index contributed by atoms with van der Waals surface area (Å²) in [7, 11) is 0. The fraction of sp³-hybridized carbons (Fsp3) is 0.692. The zero-order valence-corrected chi connectivity index (χ0v) is 13.6. The summed E-state index contributed by atoms with van der Waals surface area (Å²) in [5, 5.41) is 8.50. The molecule has 0 aliphatic heterocycles. The van der Waals surface area contributed by atoms with Crippen LogP contribution in [0.15, 0.2) is 6.33 Å². The molecule has 0 fully saturated rings. The first-order chi connectivity index (χ1) is 10.2. The molecule has 8 heteroatoms. The van der Waals surface area contributed by atoms with Crippen LogP contribution in [-0.4, -0.2) is 24.4 Å². The smallest absolute Gasteiger partial charge is 0.138 e. The van der Waals surface area contributed by atoms with Gasteiger partial charge in [0.2, 0.25) is 0 Å². The van der Waals surface area contributed by atoms with Crippen molar-refractivity contribution in [3.05, 3.63) is 22.7 Å². The summed E-state index contributed by atoms with van der Waals surface area (Å²) in [5.41, 5.74) is 3.90. The average Bonchev–Trinajstić information content (AvgIpc) is 3.06. The number of nitrogens with two attached hydrogens (primary N) is 1. The molecule has 0 spiro atoms. The second kappa shape index (κ2) is 7.58. The Morgan fingerprint density at radius 2 is 2.24 bits per heavy atom. The summed E-state index contributed by atoms with van der Waals surface area (Å²) in [6.45, 7) is 7.32. The minimum Gasteiger partial charge on any atom is -0.271 e. The van der Waals surface area contributed by atoms with Gasteiger partial charge in [0.1, 0.15) is 12.2 Å². The first-order valence-electron chi connectivity index (χ1n) is 7.29. The fourth-order valence-corrected chi connectivity index (χ4v) is 3.00. The van der Waals surface area contributed by atoms with Gasteiger partial charge in [-0.3, -0.25) is 11.3 Å². The van der Waals surface area contributed by atoms with Gasteiger partial charge in [0.25, 0.3) is 0 Å². The minimum absolute atomic E-state index is 0.0262. The van der Waals surface area contributed by atoms with Gasteiger partial charge >= 0.3 is 0 Å². The molecule has 0 aromatic carbocycles. The molecular weight excluding hydrogens is 286 g/mol. The minimum atomic E-state index is -0.0262.